The summed E-state index contributed by atoms with van der Waals surface area (Å²) in [5, 5.41) is 8.79. The van der Waals surface area contributed by atoms with Crippen molar-refractivity contribution in [1.29, 1.82) is 0 Å². The first kappa shape index (κ1) is 8.70. The van der Waals surface area contributed by atoms with Crippen molar-refractivity contribution in [3.05, 3.63) is 16.7 Å². The third-order valence-electron chi connectivity index (χ3n) is 1.26. The smallest absolute Gasteiger partial charge is 0.363 e. The van der Waals surface area contributed by atoms with Crippen LogP contribution in [0.25, 0.3) is 0 Å². The van der Waals surface area contributed by atoms with Crippen molar-refractivity contribution in [3.8, 4) is 0 Å². The van der Waals surface area contributed by atoms with Gasteiger partial charge in [0.2, 0.25) is 0 Å². The highest BCUT2D eigenvalue weighted by atomic mass is 16.1. The van der Waals surface area contributed by atoms with Crippen LogP contribution in [0.1, 0.15) is 13.8 Å². The summed E-state index contributed by atoms with van der Waals surface area (Å²) in [4.78, 5) is 14.3. The van der Waals surface area contributed by atoms with Crippen molar-refractivity contribution in [2.45, 2.75) is 13.8 Å². The minimum Gasteiger partial charge on any atom is -0.368 e. The molecule has 1 heterocycles. The largest absolute Gasteiger partial charge is 0.368 e. The highest BCUT2D eigenvalue weighted by Crippen LogP contribution is 1.96. The van der Waals surface area contributed by atoms with Crippen molar-refractivity contribution in [3.63, 3.8) is 0 Å². The summed E-state index contributed by atoms with van der Waals surface area (Å²) in [6, 6.07) is 0. The van der Waals surface area contributed by atoms with E-state index in [2.05, 4.69) is 34.3 Å². The lowest BCUT2D eigenvalue weighted by atomic mass is 10.2. The maximum atomic E-state index is 10.7. The lowest BCUT2D eigenvalue weighted by Crippen LogP contribution is -2.16. The molecule has 1 rings (SSSR count). The molecule has 66 valence electrons. The van der Waals surface area contributed by atoms with Gasteiger partial charge in [0.15, 0.2) is 5.82 Å². The number of aromatic nitrogens is 3. The molecule has 0 atom stereocenters. The number of hydrogen-bond donors (Lipinski definition) is 2. The van der Waals surface area contributed by atoms with E-state index in [0.717, 1.165) is 6.54 Å². The quantitative estimate of drug-likeness (QED) is 0.678. The zero-order valence-electron chi connectivity index (χ0n) is 7.16. The minimum atomic E-state index is -0.427. The fourth-order valence-electron chi connectivity index (χ4n) is 0.706. The molecule has 0 radical (unpaired) electrons. The normalized spacial score (nSPS) is 10.2. The van der Waals surface area contributed by atoms with Gasteiger partial charge >= 0.3 is 5.69 Å². The number of nitrogens with zero attached hydrogens (tertiary/aromatic N) is 2. The van der Waals surface area contributed by atoms with Gasteiger partial charge in [0.1, 0.15) is 0 Å². The van der Waals surface area contributed by atoms with Gasteiger partial charge in [-0.15, -0.1) is 0 Å². The van der Waals surface area contributed by atoms with E-state index in [1.54, 1.807) is 0 Å². The number of nitrogens with one attached hydrogen (secondary N) is 2. The van der Waals surface area contributed by atoms with Crippen molar-refractivity contribution in [2.75, 3.05) is 11.9 Å². The van der Waals surface area contributed by atoms with Crippen LogP contribution in [0.2, 0.25) is 0 Å². The Morgan fingerprint density at radius 3 is 3.00 bits per heavy atom. The SMILES string of the molecule is CC(C)CNc1cn[nH]c(=O)n1. The summed E-state index contributed by atoms with van der Waals surface area (Å²) < 4.78 is 0. The van der Waals surface area contributed by atoms with Crippen LogP contribution >= 0.6 is 0 Å². The number of rotatable bonds is 3. The number of H-pyrrole nitrogens is 1. The lowest BCUT2D eigenvalue weighted by Gasteiger charge is -2.05. The van der Waals surface area contributed by atoms with E-state index < -0.39 is 5.69 Å². The van der Waals surface area contributed by atoms with Crippen molar-refractivity contribution < 1.29 is 0 Å². The predicted molar refractivity (Wildman–Crippen MR) is 46.0 cm³/mol. The van der Waals surface area contributed by atoms with E-state index in [4.69, 9.17) is 0 Å². The van der Waals surface area contributed by atoms with Crippen molar-refractivity contribution in [2.24, 2.45) is 5.92 Å². The van der Waals surface area contributed by atoms with Gasteiger partial charge in [-0.3, -0.25) is 0 Å². The second kappa shape index (κ2) is 3.85. The van der Waals surface area contributed by atoms with Crippen LogP contribution in [-0.2, 0) is 0 Å². The number of hydrogen-bond acceptors (Lipinski definition) is 4. The van der Waals surface area contributed by atoms with E-state index in [1.165, 1.54) is 6.20 Å². The average Bonchev–Trinajstić information content (AvgIpc) is 2.01. The molecule has 1 aromatic rings. The van der Waals surface area contributed by atoms with Gasteiger partial charge in [-0.25, -0.2) is 9.89 Å². The summed E-state index contributed by atoms with van der Waals surface area (Å²) >= 11 is 0. The Bertz CT molecular complexity index is 293. The molecule has 0 bridgehead atoms. The highest BCUT2D eigenvalue weighted by Gasteiger charge is 1.96. The fraction of sp³-hybridized carbons (Fsp3) is 0.571. The summed E-state index contributed by atoms with van der Waals surface area (Å²) in [7, 11) is 0. The van der Waals surface area contributed by atoms with Crippen molar-refractivity contribution in [1.82, 2.24) is 15.2 Å². The van der Waals surface area contributed by atoms with Crippen LogP contribution < -0.4 is 11.0 Å². The van der Waals surface area contributed by atoms with Gasteiger partial charge in [-0.05, 0) is 5.92 Å². The third-order valence-corrected chi connectivity index (χ3v) is 1.26. The second-order valence-corrected chi connectivity index (χ2v) is 2.95. The monoisotopic (exact) mass is 168 g/mol. The van der Waals surface area contributed by atoms with Crippen LogP contribution in [0.3, 0.4) is 0 Å². The van der Waals surface area contributed by atoms with Gasteiger partial charge in [0, 0.05) is 6.54 Å². The van der Waals surface area contributed by atoms with Crippen molar-refractivity contribution >= 4 is 5.82 Å². The van der Waals surface area contributed by atoms with Gasteiger partial charge in [0.25, 0.3) is 0 Å². The highest BCUT2D eigenvalue weighted by molar-refractivity contribution is 5.28. The lowest BCUT2D eigenvalue weighted by molar-refractivity contribution is 0.685. The Morgan fingerprint density at radius 2 is 2.42 bits per heavy atom. The number of aromatic amines is 1. The molecule has 0 aliphatic heterocycles. The van der Waals surface area contributed by atoms with E-state index in [1.807, 2.05) is 0 Å². The third kappa shape index (κ3) is 2.69. The van der Waals surface area contributed by atoms with E-state index in [0.29, 0.717) is 11.7 Å². The van der Waals surface area contributed by atoms with Crippen LogP contribution in [0.15, 0.2) is 11.0 Å². The minimum absolute atomic E-state index is 0.427. The molecular formula is C7H12N4O. The summed E-state index contributed by atoms with van der Waals surface area (Å²) in [6.45, 7) is 4.94. The first-order chi connectivity index (χ1) is 5.68. The van der Waals surface area contributed by atoms with Gasteiger partial charge < -0.3 is 5.32 Å². The molecule has 0 spiro atoms. The standard InChI is InChI=1S/C7H12N4O/c1-5(2)3-8-6-4-9-11-7(12)10-6/h4-5H,3H2,1-2H3,(H2,8,10,11,12). The molecule has 0 saturated heterocycles. The Morgan fingerprint density at radius 1 is 1.67 bits per heavy atom. The average molecular weight is 168 g/mol. The topological polar surface area (TPSA) is 70.7 Å². The van der Waals surface area contributed by atoms with E-state index >= 15 is 0 Å². The van der Waals surface area contributed by atoms with Gasteiger partial charge in [0.05, 0.1) is 6.20 Å². The fourth-order valence-corrected chi connectivity index (χ4v) is 0.706. The summed E-state index contributed by atoms with van der Waals surface area (Å²) in [5.41, 5.74) is -0.427. The van der Waals surface area contributed by atoms with Crippen LogP contribution in [0, 0.1) is 5.92 Å². The molecule has 0 fully saturated rings. The molecule has 0 aliphatic rings. The second-order valence-electron chi connectivity index (χ2n) is 2.95. The summed E-state index contributed by atoms with van der Waals surface area (Å²) in [6.07, 6.45) is 1.49. The molecular weight excluding hydrogens is 156 g/mol. The van der Waals surface area contributed by atoms with Crippen LogP contribution in [-0.4, -0.2) is 21.7 Å². The zero-order chi connectivity index (χ0) is 8.97. The zero-order valence-corrected chi connectivity index (χ0v) is 7.16. The molecule has 5 heteroatoms. The Labute approximate surface area is 70.2 Å². The Kier molecular flexibility index (Phi) is 2.79. The van der Waals surface area contributed by atoms with Crippen LogP contribution in [0.5, 0.6) is 0 Å². The maximum absolute atomic E-state index is 10.7. The molecule has 5 nitrogen and oxygen atoms in total. The van der Waals surface area contributed by atoms with E-state index in [-0.39, 0.29) is 0 Å². The predicted octanol–water partition coefficient (Wildman–Crippen LogP) is 0.233. The molecule has 12 heavy (non-hydrogen) atoms. The maximum Gasteiger partial charge on any atom is 0.363 e. The Hall–Kier alpha value is -1.39. The van der Waals surface area contributed by atoms with Gasteiger partial charge in [-0.2, -0.15) is 10.1 Å². The first-order valence-corrected chi connectivity index (χ1v) is 3.84. The molecule has 0 aliphatic carbocycles. The Balaban J connectivity index is 2.58. The van der Waals surface area contributed by atoms with Crippen LogP contribution in [0.4, 0.5) is 5.82 Å². The molecule has 0 amide bonds. The summed E-state index contributed by atoms with van der Waals surface area (Å²) in [5.74, 6) is 1.04. The molecule has 0 aromatic carbocycles. The molecule has 1 aromatic heterocycles. The number of anilines is 1. The molecule has 2 N–H and O–H groups in total. The van der Waals surface area contributed by atoms with Gasteiger partial charge in [-0.1, -0.05) is 13.8 Å². The first-order valence-electron chi connectivity index (χ1n) is 3.84. The molecule has 0 saturated carbocycles. The van der Waals surface area contributed by atoms with E-state index in [9.17, 15) is 4.79 Å². The molecule has 0 unspecified atom stereocenters.